The van der Waals surface area contributed by atoms with E-state index in [9.17, 15) is 19.5 Å². The molecule has 2 saturated heterocycles. The number of carboxylic acid groups (broad SMARTS) is 1. The van der Waals surface area contributed by atoms with Crippen molar-refractivity contribution in [1.82, 2.24) is 9.80 Å². The maximum absolute atomic E-state index is 14.0. The largest absolute Gasteiger partial charge is 0.479 e. The predicted octanol–water partition coefficient (Wildman–Crippen LogP) is 5.52. The van der Waals surface area contributed by atoms with E-state index in [1.807, 2.05) is 36.4 Å². The van der Waals surface area contributed by atoms with Gasteiger partial charge in [0.25, 0.3) is 0 Å². The molecule has 2 fully saturated rings. The third-order valence-corrected chi connectivity index (χ3v) is 8.61. The summed E-state index contributed by atoms with van der Waals surface area (Å²) in [4.78, 5) is 42.7. The highest BCUT2D eigenvalue weighted by Crippen LogP contribution is 2.45. The van der Waals surface area contributed by atoms with E-state index in [0.29, 0.717) is 26.1 Å². The van der Waals surface area contributed by atoms with Crippen molar-refractivity contribution in [3.8, 4) is 11.1 Å². The summed E-state index contributed by atoms with van der Waals surface area (Å²) in [6.07, 6.45) is 0.175. The van der Waals surface area contributed by atoms with Crippen LogP contribution in [0, 0.1) is 5.41 Å². The van der Waals surface area contributed by atoms with Crippen molar-refractivity contribution in [2.45, 2.75) is 64.0 Å². The zero-order valence-corrected chi connectivity index (χ0v) is 24.4. The van der Waals surface area contributed by atoms with E-state index in [1.165, 1.54) is 9.80 Å². The first kappa shape index (κ1) is 28.9. The molecular weight excluding hydrogens is 524 g/mol. The minimum absolute atomic E-state index is 0.0780. The summed E-state index contributed by atoms with van der Waals surface area (Å²) in [5.74, 6) is -1.32. The fourth-order valence-corrected chi connectivity index (χ4v) is 6.25. The Morgan fingerprint density at radius 3 is 2.15 bits per heavy atom. The van der Waals surface area contributed by atoms with Gasteiger partial charge >= 0.3 is 18.2 Å². The van der Waals surface area contributed by atoms with E-state index in [1.54, 1.807) is 20.8 Å². The van der Waals surface area contributed by atoms with Gasteiger partial charge < -0.3 is 24.2 Å². The number of nitrogens with zero attached hydrogens (tertiary/aromatic N) is 2. The average molecular weight is 565 g/mol. The molecule has 9 heteroatoms. The third-order valence-electron chi connectivity index (χ3n) is 8.61. The number of carboxylic acids is 1. The maximum atomic E-state index is 14.0. The number of hydrogen-bond donors (Lipinski definition) is 1. The zero-order chi connectivity index (χ0) is 29.4. The summed E-state index contributed by atoms with van der Waals surface area (Å²) in [6, 6.07) is 16.2. The monoisotopic (exact) mass is 564 g/mol. The fraction of sp³-hybridized carbons (Fsp3) is 0.531. The number of rotatable bonds is 6. The number of fused-ring (bicyclic) bond motifs is 3. The van der Waals surface area contributed by atoms with Gasteiger partial charge in [0.1, 0.15) is 12.2 Å². The predicted molar refractivity (Wildman–Crippen MR) is 153 cm³/mol. The molecule has 1 N–H and O–H groups in total. The van der Waals surface area contributed by atoms with E-state index in [-0.39, 0.29) is 44.0 Å². The van der Waals surface area contributed by atoms with E-state index < -0.39 is 29.3 Å². The number of carbonyl (C=O) groups excluding carboxylic acids is 2. The number of aliphatic carboxylic acids is 1. The number of amides is 2. The molecule has 3 aliphatic rings. The Hall–Kier alpha value is -3.59. The number of hydrogen-bond acceptors (Lipinski definition) is 6. The van der Waals surface area contributed by atoms with Crippen molar-refractivity contribution >= 4 is 18.2 Å². The minimum atomic E-state index is -1.64. The van der Waals surface area contributed by atoms with Crippen LogP contribution in [-0.2, 0) is 19.0 Å². The Labute approximate surface area is 241 Å². The van der Waals surface area contributed by atoms with E-state index in [4.69, 9.17) is 14.2 Å². The molecule has 9 nitrogen and oxygen atoms in total. The lowest BCUT2D eigenvalue weighted by Crippen LogP contribution is -2.61. The summed E-state index contributed by atoms with van der Waals surface area (Å²) < 4.78 is 17.1. The Balaban J connectivity index is 1.42. The van der Waals surface area contributed by atoms with Crippen LogP contribution in [0.1, 0.15) is 64.0 Å². The Morgan fingerprint density at radius 1 is 1.00 bits per heavy atom. The molecule has 0 spiro atoms. The van der Waals surface area contributed by atoms with Crippen molar-refractivity contribution in [3.63, 3.8) is 0 Å². The molecular formula is C32H40N2O7. The van der Waals surface area contributed by atoms with E-state index in [2.05, 4.69) is 19.1 Å². The van der Waals surface area contributed by atoms with Crippen LogP contribution in [0.2, 0.25) is 0 Å². The molecule has 2 aromatic rings. The van der Waals surface area contributed by atoms with Crippen molar-refractivity contribution in [2.75, 3.05) is 39.5 Å². The minimum Gasteiger partial charge on any atom is -0.479 e. The Bertz CT molecular complexity index is 1270. The van der Waals surface area contributed by atoms with Crippen LogP contribution in [0.3, 0.4) is 0 Å². The molecule has 2 amide bonds. The molecule has 2 aliphatic heterocycles. The number of carbonyl (C=O) groups is 3. The normalized spacial score (nSPS) is 21.6. The van der Waals surface area contributed by atoms with Crippen LogP contribution >= 0.6 is 0 Å². The lowest BCUT2D eigenvalue weighted by Gasteiger charge is -2.44. The first-order chi connectivity index (χ1) is 19.4. The molecule has 2 aromatic carbocycles. The van der Waals surface area contributed by atoms with Crippen molar-refractivity contribution in [2.24, 2.45) is 5.41 Å². The van der Waals surface area contributed by atoms with Gasteiger partial charge in [-0.2, -0.15) is 0 Å². The molecule has 41 heavy (non-hydrogen) atoms. The highest BCUT2D eigenvalue weighted by molar-refractivity contribution is 5.87. The summed E-state index contributed by atoms with van der Waals surface area (Å²) >= 11 is 0. The van der Waals surface area contributed by atoms with Gasteiger partial charge in [0.05, 0.1) is 6.54 Å². The van der Waals surface area contributed by atoms with Gasteiger partial charge in [0, 0.05) is 38.6 Å². The highest BCUT2D eigenvalue weighted by atomic mass is 16.6. The van der Waals surface area contributed by atoms with Crippen LogP contribution in [0.4, 0.5) is 9.59 Å². The topological polar surface area (TPSA) is 106 Å². The number of benzene rings is 2. The molecule has 0 aromatic heterocycles. The van der Waals surface area contributed by atoms with Crippen LogP contribution in [-0.4, -0.2) is 83.7 Å². The first-order valence-electron chi connectivity index (χ1n) is 14.3. The summed E-state index contributed by atoms with van der Waals surface area (Å²) in [7, 11) is 0. The fourth-order valence-electron chi connectivity index (χ4n) is 6.25. The second-order valence-corrected chi connectivity index (χ2v) is 12.8. The van der Waals surface area contributed by atoms with Crippen LogP contribution in [0.25, 0.3) is 11.1 Å². The van der Waals surface area contributed by atoms with E-state index in [0.717, 1.165) is 22.3 Å². The molecule has 0 radical (unpaired) electrons. The second kappa shape index (κ2) is 11.0. The quantitative estimate of drug-likeness (QED) is 0.493. The van der Waals surface area contributed by atoms with Gasteiger partial charge in [-0.1, -0.05) is 55.5 Å². The molecule has 1 atom stereocenters. The van der Waals surface area contributed by atoms with Crippen molar-refractivity contribution in [3.05, 3.63) is 59.7 Å². The SMILES string of the molecule is CC1(CN(C(=O)OCC2c3ccccc3-c3ccccc32)C2(C(=O)O)CCN(C(=O)OC(C)(C)C)C2)CCOCC1. The maximum Gasteiger partial charge on any atom is 0.410 e. The summed E-state index contributed by atoms with van der Waals surface area (Å²) in [5.41, 5.74) is 1.66. The molecule has 2 heterocycles. The van der Waals surface area contributed by atoms with Crippen LogP contribution in [0.5, 0.6) is 0 Å². The van der Waals surface area contributed by atoms with Crippen LogP contribution < -0.4 is 0 Å². The third kappa shape index (κ3) is 5.77. The lowest BCUT2D eigenvalue weighted by molar-refractivity contribution is -0.151. The van der Waals surface area contributed by atoms with Gasteiger partial charge in [-0.3, -0.25) is 4.90 Å². The number of likely N-dealkylation sites (tertiary alicyclic amines) is 1. The molecule has 220 valence electrons. The number of ether oxygens (including phenoxy) is 3. The van der Waals surface area contributed by atoms with Crippen molar-refractivity contribution < 1.29 is 33.7 Å². The Kier molecular flexibility index (Phi) is 7.76. The van der Waals surface area contributed by atoms with Gasteiger partial charge in [0.2, 0.25) is 0 Å². The summed E-state index contributed by atoms with van der Waals surface area (Å²) in [6.45, 7) is 8.67. The average Bonchev–Trinajstić information content (AvgIpc) is 3.51. The van der Waals surface area contributed by atoms with Gasteiger partial charge in [-0.25, -0.2) is 14.4 Å². The van der Waals surface area contributed by atoms with Crippen molar-refractivity contribution in [1.29, 1.82) is 0 Å². The summed E-state index contributed by atoms with van der Waals surface area (Å²) in [5, 5.41) is 10.6. The van der Waals surface area contributed by atoms with Gasteiger partial charge in [0.15, 0.2) is 5.54 Å². The first-order valence-corrected chi connectivity index (χ1v) is 14.3. The lowest BCUT2D eigenvalue weighted by atomic mass is 9.80. The van der Waals surface area contributed by atoms with Gasteiger partial charge in [-0.05, 0) is 61.3 Å². The highest BCUT2D eigenvalue weighted by Gasteiger charge is 2.55. The standard InChI is InChI=1S/C32H40N2O7/c1-30(2,3)41-28(37)33-16-13-32(21-33,27(35)36)34(20-31(4)14-17-39-18-15-31)29(38)40-19-26-24-11-7-5-9-22(24)23-10-6-8-12-25(23)26/h5-12,26H,13-21H2,1-4H3,(H,35,36). The van der Waals surface area contributed by atoms with Crippen LogP contribution in [0.15, 0.2) is 48.5 Å². The molecule has 1 aliphatic carbocycles. The van der Waals surface area contributed by atoms with Gasteiger partial charge in [-0.15, -0.1) is 0 Å². The van der Waals surface area contributed by atoms with E-state index >= 15 is 0 Å². The Morgan fingerprint density at radius 2 is 1.59 bits per heavy atom. The molecule has 0 saturated carbocycles. The zero-order valence-electron chi connectivity index (χ0n) is 24.4. The molecule has 5 rings (SSSR count). The molecule has 0 bridgehead atoms. The molecule has 1 unspecified atom stereocenters. The smallest absolute Gasteiger partial charge is 0.410 e. The second-order valence-electron chi connectivity index (χ2n) is 12.8.